The Bertz CT molecular complexity index is 490. The number of benzene rings is 1. The van der Waals surface area contributed by atoms with Gasteiger partial charge in [0.15, 0.2) is 6.61 Å². The van der Waals surface area contributed by atoms with Crippen molar-refractivity contribution in [3.05, 3.63) is 29.8 Å². The predicted octanol–water partition coefficient (Wildman–Crippen LogP) is 2.61. The van der Waals surface area contributed by atoms with E-state index >= 15 is 0 Å². The van der Waals surface area contributed by atoms with Crippen LogP contribution in [0, 0.1) is 0 Å². The topological polar surface area (TPSA) is 84.9 Å². The van der Waals surface area contributed by atoms with Crippen LogP contribution in [0.5, 0.6) is 5.75 Å². The van der Waals surface area contributed by atoms with E-state index in [0.29, 0.717) is 12.3 Å². The summed E-state index contributed by atoms with van der Waals surface area (Å²) in [5.74, 6) is -0.477. The molecule has 0 fully saturated rings. The number of rotatable bonds is 7. The minimum absolute atomic E-state index is 0.348. The van der Waals surface area contributed by atoms with E-state index in [4.69, 9.17) is 14.6 Å². The maximum Gasteiger partial charge on any atom is 0.407 e. The molecule has 22 heavy (non-hydrogen) atoms. The van der Waals surface area contributed by atoms with Gasteiger partial charge in [-0.25, -0.2) is 9.59 Å². The number of carboxylic acid groups (broad SMARTS) is 1. The van der Waals surface area contributed by atoms with Gasteiger partial charge in [-0.05, 0) is 51.3 Å². The summed E-state index contributed by atoms with van der Waals surface area (Å²) in [6.45, 7) is 5.65. The van der Waals surface area contributed by atoms with Crippen LogP contribution in [0.15, 0.2) is 24.3 Å². The molecule has 0 bridgehead atoms. The van der Waals surface area contributed by atoms with Gasteiger partial charge >= 0.3 is 12.1 Å². The van der Waals surface area contributed by atoms with Crippen LogP contribution in [0.4, 0.5) is 4.79 Å². The van der Waals surface area contributed by atoms with Gasteiger partial charge in [-0.15, -0.1) is 0 Å². The molecule has 1 aromatic carbocycles. The summed E-state index contributed by atoms with van der Waals surface area (Å²) in [5.41, 5.74) is 0.601. The van der Waals surface area contributed by atoms with Gasteiger partial charge in [-0.3, -0.25) is 0 Å². The molecule has 0 saturated heterocycles. The van der Waals surface area contributed by atoms with Crippen molar-refractivity contribution in [2.45, 2.75) is 39.2 Å². The SMILES string of the molecule is CC(C)(C)OC(=O)NCCCc1ccc(OCC(=O)O)cc1. The fourth-order valence-corrected chi connectivity index (χ4v) is 1.69. The van der Waals surface area contributed by atoms with Gasteiger partial charge in [0.2, 0.25) is 0 Å². The lowest BCUT2D eigenvalue weighted by Gasteiger charge is -2.19. The number of carbonyl (C=O) groups is 2. The highest BCUT2D eigenvalue weighted by Gasteiger charge is 2.15. The number of alkyl carbamates (subject to hydrolysis) is 1. The van der Waals surface area contributed by atoms with Crippen LogP contribution >= 0.6 is 0 Å². The molecule has 6 heteroatoms. The quantitative estimate of drug-likeness (QED) is 0.756. The average Bonchev–Trinajstić information content (AvgIpc) is 2.40. The molecule has 0 aliphatic heterocycles. The van der Waals surface area contributed by atoms with Gasteiger partial charge in [0.1, 0.15) is 11.4 Å². The number of carbonyl (C=O) groups excluding carboxylic acids is 1. The molecule has 1 rings (SSSR count). The normalized spacial score (nSPS) is 10.9. The van der Waals surface area contributed by atoms with Crippen molar-refractivity contribution < 1.29 is 24.2 Å². The van der Waals surface area contributed by atoms with Crippen molar-refractivity contribution >= 4 is 12.1 Å². The monoisotopic (exact) mass is 309 g/mol. The van der Waals surface area contributed by atoms with Gasteiger partial charge in [0.25, 0.3) is 0 Å². The number of aliphatic carboxylic acids is 1. The number of ether oxygens (including phenoxy) is 2. The fraction of sp³-hybridized carbons (Fsp3) is 0.500. The fourth-order valence-electron chi connectivity index (χ4n) is 1.69. The molecule has 0 aliphatic carbocycles. The third-order valence-electron chi connectivity index (χ3n) is 2.60. The summed E-state index contributed by atoms with van der Waals surface area (Å²) < 4.78 is 10.2. The highest BCUT2D eigenvalue weighted by atomic mass is 16.6. The van der Waals surface area contributed by atoms with Gasteiger partial charge in [0, 0.05) is 6.54 Å². The third-order valence-corrected chi connectivity index (χ3v) is 2.60. The molecular formula is C16H23NO5. The Morgan fingerprint density at radius 1 is 1.18 bits per heavy atom. The first-order chi connectivity index (χ1) is 10.3. The van der Waals surface area contributed by atoms with Crippen LogP contribution < -0.4 is 10.1 Å². The molecule has 2 N–H and O–H groups in total. The molecule has 0 aromatic heterocycles. The molecule has 6 nitrogen and oxygen atoms in total. The van der Waals surface area contributed by atoms with E-state index in [1.165, 1.54) is 0 Å². The minimum Gasteiger partial charge on any atom is -0.482 e. The summed E-state index contributed by atoms with van der Waals surface area (Å²) >= 11 is 0. The number of nitrogens with one attached hydrogen (secondary N) is 1. The molecule has 1 aromatic rings. The Morgan fingerprint density at radius 2 is 1.82 bits per heavy atom. The Morgan fingerprint density at radius 3 is 2.36 bits per heavy atom. The van der Waals surface area contributed by atoms with E-state index in [9.17, 15) is 9.59 Å². The van der Waals surface area contributed by atoms with Crippen molar-refractivity contribution in [1.29, 1.82) is 0 Å². The summed E-state index contributed by atoms with van der Waals surface area (Å²) in [5, 5.41) is 11.2. The second kappa shape index (κ2) is 8.26. The molecule has 0 atom stereocenters. The van der Waals surface area contributed by atoms with E-state index < -0.39 is 17.7 Å². The lowest BCUT2D eigenvalue weighted by atomic mass is 10.1. The Hall–Kier alpha value is -2.24. The first-order valence-corrected chi connectivity index (χ1v) is 7.16. The van der Waals surface area contributed by atoms with Gasteiger partial charge in [-0.1, -0.05) is 12.1 Å². The van der Waals surface area contributed by atoms with Gasteiger partial charge < -0.3 is 19.9 Å². The lowest BCUT2D eigenvalue weighted by Crippen LogP contribution is -2.33. The van der Waals surface area contributed by atoms with Gasteiger partial charge in [-0.2, -0.15) is 0 Å². The molecule has 0 radical (unpaired) electrons. The maximum atomic E-state index is 11.4. The summed E-state index contributed by atoms with van der Waals surface area (Å²) in [7, 11) is 0. The van der Waals surface area contributed by atoms with Crippen LogP contribution in [0.1, 0.15) is 32.8 Å². The van der Waals surface area contributed by atoms with Crippen molar-refractivity contribution in [2.24, 2.45) is 0 Å². The zero-order valence-corrected chi connectivity index (χ0v) is 13.2. The van der Waals surface area contributed by atoms with E-state index in [2.05, 4.69) is 5.32 Å². The number of carboxylic acids is 1. The molecular weight excluding hydrogens is 286 g/mol. The van der Waals surface area contributed by atoms with Crippen LogP contribution in [0.25, 0.3) is 0 Å². The smallest absolute Gasteiger partial charge is 0.407 e. The first kappa shape index (κ1) is 17.8. The minimum atomic E-state index is -1.00. The van der Waals surface area contributed by atoms with E-state index in [-0.39, 0.29) is 6.61 Å². The Balaban J connectivity index is 2.25. The van der Waals surface area contributed by atoms with Crippen LogP contribution in [-0.2, 0) is 16.0 Å². The predicted molar refractivity (Wildman–Crippen MR) is 82.1 cm³/mol. The molecule has 0 unspecified atom stereocenters. The maximum absolute atomic E-state index is 11.4. The highest BCUT2D eigenvalue weighted by molar-refractivity contribution is 5.68. The number of hydrogen-bond acceptors (Lipinski definition) is 4. The van der Waals surface area contributed by atoms with Crippen molar-refractivity contribution in [3.8, 4) is 5.75 Å². The van der Waals surface area contributed by atoms with Crippen molar-refractivity contribution in [3.63, 3.8) is 0 Å². The summed E-state index contributed by atoms with van der Waals surface area (Å²) in [4.78, 5) is 21.8. The molecule has 0 heterocycles. The van der Waals surface area contributed by atoms with E-state index in [1.54, 1.807) is 12.1 Å². The molecule has 122 valence electrons. The Kier molecular flexibility index (Phi) is 6.69. The molecule has 0 saturated carbocycles. The number of hydrogen-bond donors (Lipinski definition) is 2. The van der Waals surface area contributed by atoms with Crippen LogP contribution in [-0.4, -0.2) is 35.9 Å². The van der Waals surface area contributed by atoms with E-state index in [1.807, 2.05) is 32.9 Å². The molecule has 0 spiro atoms. The molecule has 0 aliphatic rings. The molecule has 1 amide bonds. The second-order valence-electron chi connectivity index (χ2n) is 5.86. The zero-order chi connectivity index (χ0) is 16.6. The van der Waals surface area contributed by atoms with Crippen LogP contribution in [0.3, 0.4) is 0 Å². The first-order valence-electron chi connectivity index (χ1n) is 7.16. The largest absolute Gasteiger partial charge is 0.482 e. The zero-order valence-electron chi connectivity index (χ0n) is 13.2. The third kappa shape index (κ3) is 8.14. The van der Waals surface area contributed by atoms with Crippen molar-refractivity contribution in [1.82, 2.24) is 5.32 Å². The summed E-state index contributed by atoms with van der Waals surface area (Å²) in [6, 6.07) is 7.23. The van der Waals surface area contributed by atoms with E-state index in [0.717, 1.165) is 18.4 Å². The lowest BCUT2D eigenvalue weighted by molar-refractivity contribution is -0.139. The Labute approximate surface area is 130 Å². The number of aryl methyl sites for hydroxylation is 1. The van der Waals surface area contributed by atoms with Crippen LogP contribution in [0.2, 0.25) is 0 Å². The number of amides is 1. The van der Waals surface area contributed by atoms with Crippen molar-refractivity contribution in [2.75, 3.05) is 13.2 Å². The standard InChI is InChI=1S/C16H23NO5/c1-16(2,3)22-15(20)17-10-4-5-12-6-8-13(9-7-12)21-11-14(18)19/h6-9H,4-5,10-11H2,1-3H3,(H,17,20)(H,18,19). The second-order valence-corrected chi connectivity index (χ2v) is 5.86. The van der Waals surface area contributed by atoms with Gasteiger partial charge in [0.05, 0.1) is 0 Å². The average molecular weight is 309 g/mol. The highest BCUT2D eigenvalue weighted by Crippen LogP contribution is 2.13. The summed E-state index contributed by atoms with van der Waals surface area (Å²) in [6.07, 6.45) is 1.17.